The Balaban J connectivity index is 1.40. The van der Waals surface area contributed by atoms with Gasteiger partial charge in [0.15, 0.2) is 0 Å². The summed E-state index contributed by atoms with van der Waals surface area (Å²) in [6.07, 6.45) is 4.84. The number of benzene rings is 1. The Morgan fingerprint density at radius 2 is 2.16 bits per heavy atom. The Hall–Kier alpha value is -1.06. The fourth-order valence-corrected chi connectivity index (χ4v) is 3.02. The number of rotatable bonds is 5. The van der Waals surface area contributed by atoms with Gasteiger partial charge in [0.1, 0.15) is 5.75 Å². The first kappa shape index (κ1) is 12.9. The largest absolute Gasteiger partial charge is 0.493 e. The van der Waals surface area contributed by atoms with Gasteiger partial charge in [-0.2, -0.15) is 0 Å². The molecule has 104 valence electrons. The lowest BCUT2D eigenvalue weighted by Gasteiger charge is -2.22. The fourth-order valence-electron chi connectivity index (χ4n) is 3.02. The third-order valence-corrected chi connectivity index (χ3v) is 4.24. The molecule has 3 heteroatoms. The van der Waals surface area contributed by atoms with E-state index >= 15 is 0 Å². The minimum absolute atomic E-state index is 0.854. The zero-order valence-electron chi connectivity index (χ0n) is 11.6. The van der Waals surface area contributed by atoms with Crippen LogP contribution in [0.15, 0.2) is 18.2 Å². The second-order valence-electron chi connectivity index (χ2n) is 5.69. The number of nitrogens with one attached hydrogen (secondary N) is 2. The summed E-state index contributed by atoms with van der Waals surface area (Å²) in [6.45, 7) is 5.50. The summed E-state index contributed by atoms with van der Waals surface area (Å²) in [5.74, 6) is 1.96. The van der Waals surface area contributed by atoms with E-state index in [1.807, 2.05) is 0 Å². The van der Waals surface area contributed by atoms with Crippen LogP contribution in [0.3, 0.4) is 0 Å². The average molecular weight is 260 g/mol. The minimum Gasteiger partial charge on any atom is -0.493 e. The lowest BCUT2D eigenvalue weighted by Crippen LogP contribution is -2.34. The third-order valence-electron chi connectivity index (χ3n) is 4.24. The first-order valence-electron chi connectivity index (χ1n) is 7.58. The van der Waals surface area contributed by atoms with Crippen LogP contribution in [0.5, 0.6) is 5.75 Å². The number of fused-ring (bicyclic) bond motifs is 1. The first-order valence-corrected chi connectivity index (χ1v) is 7.58. The van der Waals surface area contributed by atoms with Gasteiger partial charge in [0.05, 0.1) is 6.61 Å². The van der Waals surface area contributed by atoms with E-state index in [1.165, 1.54) is 43.6 Å². The Bertz CT molecular complexity index is 413. The molecule has 0 atom stereocenters. The Morgan fingerprint density at radius 3 is 3.05 bits per heavy atom. The first-order chi connectivity index (χ1) is 9.42. The van der Waals surface area contributed by atoms with E-state index < -0.39 is 0 Å². The minimum atomic E-state index is 0.854. The van der Waals surface area contributed by atoms with E-state index in [0.717, 1.165) is 37.7 Å². The predicted octanol–water partition coefficient (Wildman–Crippen LogP) is 1.75. The summed E-state index contributed by atoms with van der Waals surface area (Å²) >= 11 is 0. The molecule has 0 aliphatic carbocycles. The van der Waals surface area contributed by atoms with Crippen LogP contribution in [0.25, 0.3) is 0 Å². The summed E-state index contributed by atoms with van der Waals surface area (Å²) < 4.78 is 5.54. The van der Waals surface area contributed by atoms with Crippen molar-refractivity contribution in [1.29, 1.82) is 0 Å². The molecule has 0 aromatic heterocycles. The van der Waals surface area contributed by atoms with Crippen molar-refractivity contribution < 1.29 is 4.74 Å². The Morgan fingerprint density at radius 1 is 1.26 bits per heavy atom. The standard InChI is InChI=1S/C16H24N2O/c1-2-16-15(6-10-19-16)11-13(1)3-9-18-12-14-4-7-17-8-5-14/h1-2,11,14,17-18H,3-10,12H2. The highest BCUT2D eigenvalue weighted by molar-refractivity contribution is 5.39. The number of piperidine rings is 1. The lowest BCUT2D eigenvalue weighted by molar-refractivity contribution is 0.356. The topological polar surface area (TPSA) is 33.3 Å². The van der Waals surface area contributed by atoms with Crippen LogP contribution in [0.1, 0.15) is 24.0 Å². The van der Waals surface area contributed by atoms with Gasteiger partial charge in [-0.1, -0.05) is 12.1 Å². The van der Waals surface area contributed by atoms with Crippen molar-refractivity contribution in [2.75, 3.05) is 32.8 Å². The number of hydrogen-bond acceptors (Lipinski definition) is 3. The van der Waals surface area contributed by atoms with Crippen molar-refractivity contribution in [2.45, 2.75) is 25.7 Å². The Kier molecular flexibility index (Phi) is 4.36. The number of ether oxygens (including phenoxy) is 1. The molecule has 2 heterocycles. The lowest BCUT2D eigenvalue weighted by atomic mass is 9.98. The molecule has 0 unspecified atom stereocenters. The molecule has 0 bridgehead atoms. The molecule has 2 N–H and O–H groups in total. The summed E-state index contributed by atoms with van der Waals surface area (Å²) in [7, 11) is 0. The van der Waals surface area contributed by atoms with E-state index in [2.05, 4.69) is 28.8 Å². The SMILES string of the molecule is c1cc2c(cc1CCNCC1CCNCC1)CCO2. The van der Waals surface area contributed by atoms with Crippen LogP contribution in [0.2, 0.25) is 0 Å². The molecule has 0 radical (unpaired) electrons. The van der Waals surface area contributed by atoms with Gasteiger partial charge in [0.25, 0.3) is 0 Å². The highest BCUT2D eigenvalue weighted by atomic mass is 16.5. The van der Waals surface area contributed by atoms with Crippen molar-refractivity contribution >= 4 is 0 Å². The molecule has 1 aromatic carbocycles. The molecule has 2 aliphatic heterocycles. The van der Waals surface area contributed by atoms with Crippen molar-refractivity contribution in [2.24, 2.45) is 5.92 Å². The molecule has 0 saturated carbocycles. The van der Waals surface area contributed by atoms with Gasteiger partial charge in [0.2, 0.25) is 0 Å². The quantitative estimate of drug-likeness (QED) is 0.791. The summed E-state index contributed by atoms with van der Waals surface area (Å²) in [5.41, 5.74) is 2.82. The molecular weight excluding hydrogens is 236 g/mol. The maximum Gasteiger partial charge on any atom is 0.122 e. The Labute approximate surface area is 115 Å². The zero-order valence-corrected chi connectivity index (χ0v) is 11.6. The van der Waals surface area contributed by atoms with Gasteiger partial charge in [-0.05, 0) is 68.6 Å². The summed E-state index contributed by atoms with van der Waals surface area (Å²) in [4.78, 5) is 0. The van der Waals surface area contributed by atoms with Crippen LogP contribution in [0.4, 0.5) is 0 Å². The molecule has 2 aliphatic rings. The van der Waals surface area contributed by atoms with Crippen molar-refractivity contribution in [1.82, 2.24) is 10.6 Å². The highest BCUT2D eigenvalue weighted by Crippen LogP contribution is 2.25. The van der Waals surface area contributed by atoms with E-state index in [0.29, 0.717) is 0 Å². The third kappa shape index (κ3) is 3.48. The molecule has 3 nitrogen and oxygen atoms in total. The van der Waals surface area contributed by atoms with Gasteiger partial charge >= 0.3 is 0 Å². The van der Waals surface area contributed by atoms with Gasteiger partial charge in [0, 0.05) is 6.42 Å². The molecule has 3 rings (SSSR count). The summed E-state index contributed by atoms with van der Waals surface area (Å²) in [6, 6.07) is 6.65. The maximum atomic E-state index is 5.54. The molecule has 19 heavy (non-hydrogen) atoms. The average Bonchev–Trinajstić information content (AvgIpc) is 2.92. The van der Waals surface area contributed by atoms with Crippen LogP contribution in [-0.2, 0) is 12.8 Å². The van der Waals surface area contributed by atoms with E-state index in [4.69, 9.17) is 4.74 Å². The van der Waals surface area contributed by atoms with Gasteiger partial charge in [-0.15, -0.1) is 0 Å². The molecule has 0 spiro atoms. The molecular formula is C16H24N2O. The monoisotopic (exact) mass is 260 g/mol. The molecule has 1 saturated heterocycles. The summed E-state index contributed by atoms with van der Waals surface area (Å²) in [5, 5.41) is 7.03. The second-order valence-corrected chi connectivity index (χ2v) is 5.69. The normalized spacial score (nSPS) is 19.2. The van der Waals surface area contributed by atoms with Crippen LogP contribution < -0.4 is 15.4 Å². The predicted molar refractivity (Wildman–Crippen MR) is 77.8 cm³/mol. The van der Waals surface area contributed by atoms with Crippen molar-refractivity contribution in [3.8, 4) is 5.75 Å². The van der Waals surface area contributed by atoms with Crippen LogP contribution in [0, 0.1) is 5.92 Å². The number of hydrogen-bond donors (Lipinski definition) is 2. The van der Waals surface area contributed by atoms with Crippen LogP contribution in [-0.4, -0.2) is 32.8 Å². The van der Waals surface area contributed by atoms with Crippen LogP contribution >= 0.6 is 0 Å². The molecule has 1 aromatic rings. The molecule has 0 amide bonds. The smallest absolute Gasteiger partial charge is 0.122 e. The van der Waals surface area contributed by atoms with Crippen molar-refractivity contribution in [3.05, 3.63) is 29.3 Å². The van der Waals surface area contributed by atoms with E-state index in [9.17, 15) is 0 Å². The van der Waals surface area contributed by atoms with E-state index in [1.54, 1.807) is 0 Å². The second kappa shape index (κ2) is 6.40. The van der Waals surface area contributed by atoms with Gasteiger partial charge < -0.3 is 15.4 Å². The zero-order chi connectivity index (χ0) is 12.9. The van der Waals surface area contributed by atoms with Gasteiger partial charge in [-0.3, -0.25) is 0 Å². The van der Waals surface area contributed by atoms with Crippen molar-refractivity contribution in [3.63, 3.8) is 0 Å². The van der Waals surface area contributed by atoms with E-state index in [-0.39, 0.29) is 0 Å². The molecule has 1 fully saturated rings. The maximum absolute atomic E-state index is 5.54. The fraction of sp³-hybridized carbons (Fsp3) is 0.625. The van der Waals surface area contributed by atoms with Gasteiger partial charge in [-0.25, -0.2) is 0 Å². The highest BCUT2D eigenvalue weighted by Gasteiger charge is 2.13.